The van der Waals surface area contributed by atoms with Crippen LogP contribution in [0.5, 0.6) is 0 Å². The highest BCUT2D eigenvalue weighted by atomic mass is 32.1. The van der Waals surface area contributed by atoms with Crippen molar-refractivity contribution in [1.29, 1.82) is 0 Å². The molecule has 0 fully saturated rings. The lowest BCUT2D eigenvalue weighted by molar-refractivity contribution is -0.142. The fourth-order valence-corrected chi connectivity index (χ4v) is 2.62. The normalized spacial score (nSPS) is 14.4. The number of thiol groups is 2. The first-order valence-electron chi connectivity index (χ1n) is 9.10. The van der Waals surface area contributed by atoms with Gasteiger partial charge in [0.2, 0.25) is 29.5 Å². The number of primary amides is 2. The first-order chi connectivity index (χ1) is 14.4. The van der Waals surface area contributed by atoms with Gasteiger partial charge >= 0.3 is 5.97 Å². The largest absolute Gasteiger partial charge is 0.480 e. The zero-order chi connectivity index (χ0) is 24.1. The molecule has 0 bridgehead atoms. The van der Waals surface area contributed by atoms with E-state index in [1.165, 1.54) is 0 Å². The molecule has 0 aliphatic heterocycles. The number of carbonyl (C=O) groups excluding carboxylic acids is 5. The van der Waals surface area contributed by atoms with Crippen molar-refractivity contribution in [1.82, 2.24) is 16.0 Å². The summed E-state index contributed by atoms with van der Waals surface area (Å²) in [4.78, 5) is 70.1. The molecule has 13 nitrogen and oxygen atoms in total. The van der Waals surface area contributed by atoms with Crippen LogP contribution in [0.1, 0.15) is 25.7 Å². The van der Waals surface area contributed by atoms with Gasteiger partial charge in [0, 0.05) is 24.3 Å². The molecule has 15 heteroatoms. The number of rotatable bonds is 15. The van der Waals surface area contributed by atoms with Crippen molar-refractivity contribution in [2.24, 2.45) is 17.2 Å². The number of nitrogens with two attached hydrogens (primary N) is 3. The van der Waals surface area contributed by atoms with Gasteiger partial charge in [-0.05, 0) is 12.8 Å². The van der Waals surface area contributed by atoms with Gasteiger partial charge in [0.25, 0.3) is 0 Å². The third kappa shape index (κ3) is 11.4. The molecule has 0 heterocycles. The minimum Gasteiger partial charge on any atom is -0.480 e. The molecule has 0 spiro atoms. The average Bonchev–Trinajstić information content (AvgIpc) is 2.70. The van der Waals surface area contributed by atoms with Crippen molar-refractivity contribution in [2.45, 2.75) is 49.9 Å². The standard InChI is InChI=1S/C16H28N6O7S2/c17-7(5-30)13(25)20-8(1-3-11(18)23)14(26)22-10(6-31)15(27)21-9(16(28)29)2-4-12(19)24/h7-10,30-31H,1-6,17H2,(H2,18,23)(H2,19,24)(H,20,25)(H,21,27)(H,22,26)(H,28,29). The Morgan fingerprint density at radius 2 is 1.13 bits per heavy atom. The van der Waals surface area contributed by atoms with E-state index in [1.54, 1.807) is 0 Å². The Morgan fingerprint density at radius 1 is 0.710 bits per heavy atom. The predicted molar refractivity (Wildman–Crippen MR) is 116 cm³/mol. The zero-order valence-electron chi connectivity index (χ0n) is 16.6. The number of amides is 5. The predicted octanol–water partition coefficient (Wildman–Crippen LogP) is -3.76. The smallest absolute Gasteiger partial charge is 0.326 e. The van der Waals surface area contributed by atoms with E-state index in [0.717, 1.165) is 0 Å². The molecule has 0 saturated heterocycles. The van der Waals surface area contributed by atoms with Crippen molar-refractivity contribution < 1.29 is 33.9 Å². The molecule has 0 saturated carbocycles. The van der Waals surface area contributed by atoms with Crippen LogP contribution in [-0.4, -0.2) is 76.3 Å². The van der Waals surface area contributed by atoms with Crippen LogP contribution >= 0.6 is 25.3 Å². The van der Waals surface area contributed by atoms with Crippen molar-refractivity contribution in [3.8, 4) is 0 Å². The van der Waals surface area contributed by atoms with E-state index >= 15 is 0 Å². The average molecular weight is 481 g/mol. The summed E-state index contributed by atoms with van der Waals surface area (Å²) in [5.41, 5.74) is 15.6. The van der Waals surface area contributed by atoms with Crippen LogP contribution in [0.2, 0.25) is 0 Å². The van der Waals surface area contributed by atoms with Crippen LogP contribution in [0.25, 0.3) is 0 Å². The fourth-order valence-electron chi connectivity index (χ4n) is 2.20. The Morgan fingerprint density at radius 3 is 1.55 bits per heavy atom. The topological polar surface area (TPSA) is 237 Å². The SMILES string of the molecule is NC(=O)CCC(NC(=O)C(CS)NC(=O)C(CCC(N)=O)NC(=O)C(N)CS)C(=O)O. The van der Waals surface area contributed by atoms with Crippen molar-refractivity contribution in [2.75, 3.05) is 11.5 Å². The summed E-state index contributed by atoms with van der Waals surface area (Å²) in [5, 5.41) is 16.0. The lowest BCUT2D eigenvalue weighted by Gasteiger charge is -2.24. The molecule has 0 rings (SSSR count). The number of carboxylic acids is 1. The van der Waals surface area contributed by atoms with Crippen LogP contribution in [0.15, 0.2) is 0 Å². The second kappa shape index (κ2) is 14.5. The molecule has 4 unspecified atom stereocenters. The third-order valence-corrected chi connectivity index (χ3v) is 4.71. The fraction of sp³-hybridized carbons (Fsp3) is 0.625. The Balaban J connectivity index is 5.23. The second-order valence-electron chi connectivity index (χ2n) is 6.50. The maximum absolute atomic E-state index is 12.6. The first kappa shape index (κ1) is 28.5. The van der Waals surface area contributed by atoms with Crippen LogP contribution in [-0.2, 0) is 28.8 Å². The molecule has 0 radical (unpaired) electrons. The highest BCUT2D eigenvalue weighted by Gasteiger charge is 2.29. The van der Waals surface area contributed by atoms with Gasteiger partial charge in [-0.3, -0.25) is 24.0 Å². The summed E-state index contributed by atoms with van der Waals surface area (Å²) >= 11 is 7.86. The number of aliphatic carboxylic acids is 1. The van der Waals surface area contributed by atoms with Gasteiger partial charge in [-0.25, -0.2) is 4.79 Å². The molecule has 0 aliphatic carbocycles. The van der Waals surface area contributed by atoms with Gasteiger partial charge < -0.3 is 38.3 Å². The van der Waals surface area contributed by atoms with Crippen LogP contribution in [0.4, 0.5) is 0 Å². The van der Waals surface area contributed by atoms with Gasteiger partial charge in [0.05, 0.1) is 6.04 Å². The lowest BCUT2D eigenvalue weighted by Crippen LogP contribution is -2.58. The van der Waals surface area contributed by atoms with E-state index in [4.69, 9.17) is 17.2 Å². The van der Waals surface area contributed by atoms with Gasteiger partial charge in [0.1, 0.15) is 18.1 Å². The highest BCUT2D eigenvalue weighted by molar-refractivity contribution is 7.80. The van der Waals surface area contributed by atoms with E-state index in [9.17, 15) is 33.9 Å². The summed E-state index contributed by atoms with van der Waals surface area (Å²) in [5.74, 6) is -5.49. The van der Waals surface area contributed by atoms with Gasteiger partial charge in [-0.2, -0.15) is 25.3 Å². The molecule has 176 valence electrons. The van der Waals surface area contributed by atoms with Crippen LogP contribution in [0.3, 0.4) is 0 Å². The van der Waals surface area contributed by atoms with E-state index in [0.29, 0.717) is 0 Å². The number of hydrogen-bond donors (Lipinski definition) is 9. The first-order valence-corrected chi connectivity index (χ1v) is 10.4. The Labute approximate surface area is 189 Å². The maximum atomic E-state index is 12.6. The molecule has 4 atom stereocenters. The maximum Gasteiger partial charge on any atom is 0.326 e. The number of nitrogens with one attached hydrogen (secondary N) is 3. The molecular formula is C16H28N6O7S2. The van der Waals surface area contributed by atoms with Gasteiger partial charge in [0.15, 0.2) is 0 Å². The molecule has 5 amide bonds. The molecule has 31 heavy (non-hydrogen) atoms. The van der Waals surface area contributed by atoms with Gasteiger partial charge in [-0.1, -0.05) is 0 Å². The molecule has 0 aromatic carbocycles. The second-order valence-corrected chi connectivity index (χ2v) is 7.23. The monoisotopic (exact) mass is 480 g/mol. The summed E-state index contributed by atoms with van der Waals surface area (Å²) in [6.45, 7) is 0. The molecule has 10 N–H and O–H groups in total. The zero-order valence-corrected chi connectivity index (χ0v) is 18.4. The molecule has 0 aliphatic rings. The molecular weight excluding hydrogens is 452 g/mol. The summed E-state index contributed by atoms with van der Waals surface area (Å²) in [7, 11) is 0. The van der Waals surface area contributed by atoms with Gasteiger partial charge in [-0.15, -0.1) is 0 Å². The van der Waals surface area contributed by atoms with Crippen LogP contribution in [0, 0.1) is 0 Å². The highest BCUT2D eigenvalue weighted by Crippen LogP contribution is 2.03. The molecule has 0 aromatic rings. The molecule has 0 aromatic heterocycles. The minimum atomic E-state index is -1.42. The number of carbonyl (C=O) groups is 6. The quantitative estimate of drug-likeness (QED) is 0.105. The summed E-state index contributed by atoms with van der Waals surface area (Å²) in [6, 6.07) is -4.96. The number of carboxylic acid groups (broad SMARTS) is 1. The van der Waals surface area contributed by atoms with Crippen LogP contribution < -0.4 is 33.2 Å². The lowest BCUT2D eigenvalue weighted by atomic mass is 10.1. The number of hydrogen-bond acceptors (Lipinski definition) is 9. The van der Waals surface area contributed by atoms with Crippen molar-refractivity contribution in [3.63, 3.8) is 0 Å². The van der Waals surface area contributed by atoms with E-state index in [1.807, 2.05) is 0 Å². The minimum absolute atomic E-state index is 0.000454. The Bertz CT molecular complexity index is 693. The summed E-state index contributed by atoms with van der Waals surface area (Å²) < 4.78 is 0. The van der Waals surface area contributed by atoms with E-state index in [2.05, 4.69) is 41.2 Å². The third-order valence-electron chi connectivity index (χ3n) is 3.96. The Kier molecular flexibility index (Phi) is 13.3. The van der Waals surface area contributed by atoms with E-state index in [-0.39, 0.29) is 37.2 Å². The van der Waals surface area contributed by atoms with E-state index < -0.39 is 59.7 Å². The summed E-state index contributed by atoms with van der Waals surface area (Å²) in [6.07, 6.45) is -0.922. The van der Waals surface area contributed by atoms with Crippen molar-refractivity contribution >= 4 is 60.8 Å². The van der Waals surface area contributed by atoms with Crippen molar-refractivity contribution in [3.05, 3.63) is 0 Å². The Hall–Kier alpha value is -2.52.